The van der Waals surface area contributed by atoms with E-state index in [2.05, 4.69) is 10.2 Å². The predicted molar refractivity (Wildman–Crippen MR) is 111 cm³/mol. The Kier molecular flexibility index (Phi) is 6.19. The molecule has 2 aliphatic heterocycles. The molecule has 9 heteroatoms. The summed E-state index contributed by atoms with van der Waals surface area (Å²) in [5.74, 6) is 1.15. The van der Waals surface area contributed by atoms with Gasteiger partial charge in [0.05, 0.1) is 5.75 Å². The predicted octanol–water partition coefficient (Wildman–Crippen LogP) is 2.97. The van der Waals surface area contributed by atoms with Crippen LogP contribution < -0.4 is 0 Å². The van der Waals surface area contributed by atoms with Crippen LogP contribution in [0.15, 0.2) is 34.7 Å². The smallest absolute Gasteiger partial charge is 0.253 e. The summed E-state index contributed by atoms with van der Waals surface area (Å²) < 4.78 is 32.4. The molecular formula is C21H28N4O4S. The average molecular weight is 433 g/mol. The number of piperidine rings is 2. The van der Waals surface area contributed by atoms with E-state index in [9.17, 15) is 13.2 Å². The van der Waals surface area contributed by atoms with Gasteiger partial charge in [0, 0.05) is 31.1 Å². The lowest BCUT2D eigenvalue weighted by molar-refractivity contribution is 0.0705. The molecule has 162 valence electrons. The van der Waals surface area contributed by atoms with Crippen molar-refractivity contribution >= 4 is 15.9 Å². The second-order valence-electron chi connectivity index (χ2n) is 7.93. The Hall–Kier alpha value is -2.26. The zero-order chi connectivity index (χ0) is 21.1. The maximum Gasteiger partial charge on any atom is 0.253 e. The summed E-state index contributed by atoms with van der Waals surface area (Å²) in [5, 5.41) is 8.46. The molecule has 0 N–H and O–H groups in total. The van der Waals surface area contributed by atoms with Gasteiger partial charge in [-0.1, -0.05) is 24.6 Å². The molecule has 1 atom stereocenters. The Morgan fingerprint density at radius 2 is 1.73 bits per heavy atom. The van der Waals surface area contributed by atoms with Crippen LogP contribution in [0.1, 0.15) is 73.1 Å². The van der Waals surface area contributed by atoms with Crippen LogP contribution in [0.25, 0.3) is 0 Å². The lowest BCUT2D eigenvalue weighted by Crippen LogP contribution is -2.39. The number of carbonyl (C=O) groups excluding carboxylic acids is 1. The van der Waals surface area contributed by atoms with E-state index >= 15 is 0 Å². The summed E-state index contributed by atoms with van der Waals surface area (Å²) in [6.45, 7) is 3.43. The minimum Gasteiger partial charge on any atom is -0.423 e. The summed E-state index contributed by atoms with van der Waals surface area (Å²) >= 11 is 0. The third-order valence-electron chi connectivity index (χ3n) is 6.07. The van der Waals surface area contributed by atoms with E-state index in [1.165, 1.54) is 4.31 Å². The van der Waals surface area contributed by atoms with Gasteiger partial charge in [0.15, 0.2) is 0 Å². The first-order valence-electron chi connectivity index (χ1n) is 10.7. The lowest BCUT2D eigenvalue weighted by Gasteiger charge is -2.32. The molecule has 1 amide bonds. The molecule has 0 bridgehead atoms. The van der Waals surface area contributed by atoms with Crippen LogP contribution in [0.2, 0.25) is 0 Å². The standard InChI is InChI=1S/C21H28N4O4S/c1-2-30(27,28)25-13-7-6-10-18(25)20-23-22-19(29-20)16-11-14-24(15-12-16)21(26)17-8-4-3-5-9-17/h3-5,8-9,16,18H,2,6-7,10-15H2,1H3. The summed E-state index contributed by atoms with van der Waals surface area (Å²) in [4.78, 5) is 14.5. The normalized spacial score (nSPS) is 21.6. The SMILES string of the molecule is CCS(=O)(=O)N1CCCCC1c1nnc(C2CCN(C(=O)c3ccccc3)CC2)o1. The van der Waals surface area contributed by atoms with Crippen molar-refractivity contribution in [2.45, 2.75) is 51.0 Å². The van der Waals surface area contributed by atoms with Crippen LogP contribution >= 0.6 is 0 Å². The molecule has 0 saturated carbocycles. The number of carbonyl (C=O) groups is 1. The number of aromatic nitrogens is 2. The van der Waals surface area contributed by atoms with Gasteiger partial charge in [0.2, 0.25) is 21.8 Å². The first kappa shape index (κ1) is 21.0. The molecule has 0 spiro atoms. The molecule has 0 radical (unpaired) electrons. The molecule has 8 nitrogen and oxygen atoms in total. The first-order valence-corrected chi connectivity index (χ1v) is 12.3. The summed E-state index contributed by atoms with van der Waals surface area (Å²) in [5.41, 5.74) is 0.700. The van der Waals surface area contributed by atoms with Crippen LogP contribution in [-0.4, -0.2) is 59.1 Å². The molecule has 4 rings (SSSR count). The van der Waals surface area contributed by atoms with Crippen LogP contribution in [0, 0.1) is 0 Å². The molecular weight excluding hydrogens is 404 g/mol. The highest BCUT2D eigenvalue weighted by atomic mass is 32.2. The van der Waals surface area contributed by atoms with Crippen molar-refractivity contribution in [3.05, 3.63) is 47.7 Å². The number of nitrogens with zero attached hydrogens (tertiary/aromatic N) is 4. The second-order valence-corrected chi connectivity index (χ2v) is 10.1. The number of sulfonamides is 1. The number of rotatable bonds is 5. The molecule has 0 aliphatic carbocycles. The monoisotopic (exact) mass is 432 g/mol. The van der Waals surface area contributed by atoms with Crippen LogP contribution in [0.3, 0.4) is 0 Å². The van der Waals surface area contributed by atoms with Crippen molar-refractivity contribution < 1.29 is 17.6 Å². The van der Waals surface area contributed by atoms with E-state index in [1.54, 1.807) is 6.92 Å². The zero-order valence-electron chi connectivity index (χ0n) is 17.2. The Morgan fingerprint density at radius 1 is 1.03 bits per heavy atom. The third kappa shape index (κ3) is 4.27. The van der Waals surface area contributed by atoms with E-state index < -0.39 is 10.0 Å². The van der Waals surface area contributed by atoms with Gasteiger partial charge >= 0.3 is 0 Å². The molecule has 2 aliphatic rings. The zero-order valence-corrected chi connectivity index (χ0v) is 18.1. The highest BCUT2D eigenvalue weighted by Crippen LogP contribution is 2.35. The van der Waals surface area contributed by atoms with E-state index in [1.807, 2.05) is 35.2 Å². The Morgan fingerprint density at radius 3 is 2.43 bits per heavy atom. The van der Waals surface area contributed by atoms with Crippen LogP contribution in [0.4, 0.5) is 0 Å². The van der Waals surface area contributed by atoms with Crippen molar-refractivity contribution in [2.24, 2.45) is 0 Å². The molecule has 1 aromatic carbocycles. The number of benzene rings is 1. The fourth-order valence-corrected chi connectivity index (χ4v) is 5.61. The Labute approximate surface area is 177 Å². The maximum absolute atomic E-state index is 12.6. The van der Waals surface area contributed by atoms with Gasteiger partial charge in [-0.25, -0.2) is 8.42 Å². The molecule has 2 aromatic rings. The summed E-state index contributed by atoms with van der Waals surface area (Å²) in [7, 11) is -3.32. The number of amides is 1. The van der Waals surface area contributed by atoms with Gasteiger partial charge in [-0.15, -0.1) is 10.2 Å². The van der Waals surface area contributed by atoms with Crippen molar-refractivity contribution in [2.75, 3.05) is 25.4 Å². The van der Waals surface area contributed by atoms with Crippen molar-refractivity contribution in [1.82, 2.24) is 19.4 Å². The highest BCUT2D eigenvalue weighted by molar-refractivity contribution is 7.89. The average Bonchev–Trinajstić information content (AvgIpc) is 3.29. The van der Waals surface area contributed by atoms with Crippen LogP contribution in [-0.2, 0) is 10.0 Å². The largest absolute Gasteiger partial charge is 0.423 e. The summed E-state index contributed by atoms with van der Waals surface area (Å²) in [6, 6.07) is 8.93. The lowest BCUT2D eigenvalue weighted by atomic mass is 9.96. The molecule has 2 saturated heterocycles. The van der Waals surface area contributed by atoms with Gasteiger partial charge in [-0.05, 0) is 44.7 Å². The van der Waals surface area contributed by atoms with Gasteiger partial charge < -0.3 is 9.32 Å². The topological polar surface area (TPSA) is 96.6 Å². The molecule has 2 fully saturated rings. The van der Waals surface area contributed by atoms with Gasteiger partial charge in [0.1, 0.15) is 6.04 Å². The van der Waals surface area contributed by atoms with Crippen LogP contribution in [0.5, 0.6) is 0 Å². The molecule has 1 aromatic heterocycles. The number of hydrogen-bond donors (Lipinski definition) is 0. The number of likely N-dealkylation sites (tertiary alicyclic amines) is 1. The van der Waals surface area contributed by atoms with Crippen molar-refractivity contribution in [1.29, 1.82) is 0 Å². The minimum absolute atomic E-state index is 0.0443. The van der Waals surface area contributed by atoms with E-state index in [0.717, 1.165) is 25.7 Å². The maximum atomic E-state index is 12.6. The summed E-state index contributed by atoms with van der Waals surface area (Å²) in [6.07, 6.45) is 4.00. The molecule has 30 heavy (non-hydrogen) atoms. The Bertz CT molecular complexity index is 968. The fourth-order valence-electron chi connectivity index (χ4n) is 4.29. The minimum atomic E-state index is -3.32. The molecule has 3 heterocycles. The van der Waals surface area contributed by atoms with E-state index in [-0.39, 0.29) is 23.6 Å². The van der Waals surface area contributed by atoms with Gasteiger partial charge in [-0.2, -0.15) is 4.31 Å². The van der Waals surface area contributed by atoms with Crippen molar-refractivity contribution in [3.63, 3.8) is 0 Å². The highest BCUT2D eigenvalue weighted by Gasteiger charge is 2.36. The second kappa shape index (κ2) is 8.85. The van der Waals surface area contributed by atoms with E-state index in [4.69, 9.17) is 4.42 Å². The fraction of sp³-hybridized carbons (Fsp3) is 0.571. The van der Waals surface area contributed by atoms with E-state index in [0.29, 0.717) is 43.4 Å². The van der Waals surface area contributed by atoms with Gasteiger partial charge in [0.25, 0.3) is 5.91 Å². The van der Waals surface area contributed by atoms with Gasteiger partial charge in [-0.3, -0.25) is 4.79 Å². The molecule has 1 unspecified atom stereocenters. The third-order valence-corrected chi connectivity index (χ3v) is 7.95. The Balaban J connectivity index is 1.42. The number of hydrogen-bond acceptors (Lipinski definition) is 6. The quantitative estimate of drug-likeness (QED) is 0.721. The van der Waals surface area contributed by atoms with Crippen molar-refractivity contribution in [3.8, 4) is 0 Å². The first-order chi connectivity index (χ1) is 14.5.